The van der Waals surface area contributed by atoms with Crippen molar-refractivity contribution in [2.45, 2.75) is 51.0 Å². The lowest BCUT2D eigenvalue weighted by Gasteiger charge is -2.33. The molecule has 2 aromatic heterocycles. The van der Waals surface area contributed by atoms with Gasteiger partial charge in [-0.15, -0.1) is 0 Å². The molecule has 0 saturated carbocycles. The first-order valence-corrected chi connectivity index (χ1v) is 14.7. The first-order chi connectivity index (χ1) is 19.1. The van der Waals surface area contributed by atoms with E-state index in [2.05, 4.69) is 20.9 Å². The maximum atomic E-state index is 13.5. The number of nitrogens with zero attached hydrogens (tertiary/aromatic N) is 4. The van der Waals surface area contributed by atoms with Crippen molar-refractivity contribution in [2.24, 2.45) is 0 Å². The number of H-pyrrole nitrogens is 1. The van der Waals surface area contributed by atoms with Gasteiger partial charge in [0.25, 0.3) is 11.1 Å². The molecule has 4 aliphatic rings. The summed E-state index contributed by atoms with van der Waals surface area (Å²) in [7, 11) is 1.78. The van der Waals surface area contributed by atoms with E-state index in [1.807, 2.05) is 28.2 Å². The van der Waals surface area contributed by atoms with Gasteiger partial charge >= 0.3 is 0 Å². The topological polar surface area (TPSA) is 92.7 Å². The molecule has 0 aliphatic carbocycles. The number of benzene rings is 2. The molecule has 1 atom stereocenters. The number of ether oxygens (including phenoxy) is 2. The molecule has 0 spiro atoms. The Kier molecular flexibility index (Phi) is 6.50. The second kappa shape index (κ2) is 10.2. The average Bonchev–Trinajstić information content (AvgIpc) is 3.27. The van der Waals surface area contributed by atoms with Gasteiger partial charge in [0.1, 0.15) is 23.1 Å². The summed E-state index contributed by atoms with van der Waals surface area (Å²) in [6.07, 6.45) is 4.34. The second-order valence-corrected chi connectivity index (χ2v) is 12.0. The van der Waals surface area contributed by atoms with Gasteiger partial charge in [-0.2, -0.15) is 0 Å². The fraction of sp³-hybridized carbons (Fsp3) is 0.483. The summed E-state index contributed by atoms with van der Waals surface area (Å²) >= 11 is 1.42. The van der Waals surface area contributed by atoms with Gasteiger partial charge in [0, 0.05) is 51.9 Å². The van der Waals surface area contributed by atoms with Crippen LogP contribution in [-0.4, -0.2) is 75.8 Å². The van der Waals surface area contributed by atoms with Gasteiger partial charge in [0.05, 0.1) is 21.7 Å². The summed E-state index contributed by atoms with van der Waals surface area (Å²) in [5.41, 5.74) is 3.16. The number of hydrogen-bond donors (Lipinski definition) is 1. The zero-order valence-corrected chi connectivity index (χ0v) is 23.0. The van der Waals surface area contributed by atoms with Crippen LogP contribution in [0.15, 0.2) is 39.9 Å². The fourth-order valence-corrected chi connectivity index (χ4v) is 7.37. The number of methoxy groups -OCH3 is 1. The van der Waals surface area contributed by atoms with Crippen molar-refractivity contribution in [3.05, 3.63) is 56.6 Å². The Bertz CT molecular complexity index is 1650. The molecule has 4 aliphatic heterocycles. The number of aromatic nitrogens is 3. The molecule has 1 N–H and O–H groups in total. The molecule has 4 aromatic rings. The summed E-state index contributed by atoms with van der Waals surface area (Å²) in [6.45, 7) is 5.98. The lowest BCUT2D eigenvalue weighted by atomic mass is 10.1. The Labute approximate surface area is 230 Å². The number of piperidine rings is 2. The van der Waals surface area contributed by atoms with Crippen LogP contribution in [-0.2, 0) is 17.8 Å². The molecule has 0 amide bonds. The van der Waals surface area contributed by atoms with Gasteiger partial charge in [0.15, 0.2) is 0 Å². The SMILES string of the molecule is COC1CCCN(Cc2cc3c4nc(c(=O)[nH]c4c2)-c2cccc4c(=O)n(sc24)CCN2CCC(CC2)O3)C1. The van der Waals surface area contributed by atoms with Gasteiger partial charge in [-0.3, -0.25) is 18.4 Å². The van der Waals surface area contributed by atoms with Gasteiger partial charge in [-0.05, 0) is 56.0 Å². The van der Waals surface area contributed by atoms with Crippen LogP contribution in [0.2, 0.25) is 0 Å². The molecule has 39 heavy (non-hydrogen) atoms. The molecule has 8 rings (SSSR count). The fourth-order valence-electron chi connectivity index (χ4n) is 6.28. The zero-order valence-electron chi connectivity index (χ0n) is 22.1. The molecular weight excluding hydrogens is 514 g/mol. The number of fused-ring (bicyclic) bond motifs is 3. The van der Waals surface area contributed by atoms with E-state index in [-0.39, 0.29) is 23.3 Å². The van der Waals surface area contributed by atoms with Crippen molar-refractivity contribution in [2.75, 3.05) is 39.8 Å². The first kappa shape index (κ1) is 25.0. The molecule has 2 saturated heterocycles. The minimum atomic E-state index is -0.265. The van der Waals surface area contributed by atoms with E-state index in [0.717, 1.165) is 75.2 Å². The molecule has 6 heterocycles. The third-order valence-electron chi connectivity index (χ3n) is 8.40. The number of aromatic amines is 1. The van der Waals surface area contributed by atoms with Crippen LogP contribution in [0.1, 0.15) is 31.2 Å². The lowest BCUT2D eigenvalue weighted by Crippen LogP contribution is -2.40. The van der Waals surface area contributed by atoms with E-state index in [1.165, 1.54) is 11.5 Å². The molecule has 10 heteroatoms. The van der Waals surface area contributed by atoms with E-state index >= 15 is 0 Å². The van der Waals surface area contributed by atoms with Gasteiger partial charge in [0.2, 0.25) is 0 Å². The van der Waals surface area contributed by atoms with Crippen molar-refractivity contribution in [3.8, 4) is 17.0 Å². The molecule has 2 aromatic carbocycles. The Hall–Kier alpha value is -3.05. The summed E-state index contributed by atoms with van der Waals surface area (Å²) in [4.78, 5) is 39.5. The molecule has 2 fully saturated rings. The number of rotatable bonds is 3. The Balaban J connectivity index is 1.38. The summed E-state index contributed by atoms with van der Waals surface area (Å²) in [5, 5.41) is 0.632. The van der Waals surface area contributed by atoms with E-state index in [9.17, 15) is 9.59 Å². The highest BCUT2D eigenvalue weighted by atomic mass is 32.1. The van der Waals surface area contributed by atoms with Crippen LogP contribution in [0.4, 0.5) is 0 Å². The quantitative estimate of drug-likeness (QED) is 0.420. The van der Waals surface area contributed by atoms with Gasteiger partial charge in [-0.1, -0.05) is 23.7 Å². The first-order valence-electron chi connectivity index (χ1n) is 13.9. The smallest absolute Gasteiger partial charge is 0.275 e. The van der Waals surface area contributed by atoms with E-state index < -0.39 is 0 Å². The van der Waals surface area contributed by atoms with Crippen molar-refractivity contribution in [1.29, 1.82) is 0 Å². The van der Waals surface area contributed by atoms with Gasteiger partial charge < -0.3 is 19.4 Å². The van der Waals surface area contributed by atoms with Crippen LogP contribution >= 0.6 is 11.5 Å². The van der Waals surface area contributed by atoms with E-state index in [0.29, 0.717) is 40.0 Å². The molecular formula is C29H33N5O4S. The zero-order chi connectivity index (χ0) is 26.5. The third kappa shape index (κ3) is 4.69. The van der Waals surface area contributed by atoms with Crippen molar-refractivity contribution < 1.29 is 9.47 Å². The average molecular weight is 548 g/mol. The third-order valence-corrected chi connectivity index (χ3v) is 9.59. The largest absolute Gasteiger partial charge is 0.488 e. The monoisotopic (exact) mass is 547 g/mol. The predicted octanol–water partition coefficient (Wildman–Crippen LogP) is 3.43. The predicted molar refractivity (Wildman–Crippen MR) is 153 cm³/mol. The molecule has 0 radical (unpaired) electrons. The van der Waals surface area contributed by atoms with Crippen LogP contribution in [0, 0.1) is 0 Å². The van der Waals surface area contributed by atoms with Crippen molar-refractivity contribution >= 4 is 32.7 Å². The highest BCUT2D eigenvalue weighted by molar-refractivity contribution is 7.14. The summed E-state index contributed by atoms with van der Waals surface area (Å²) < 4.78 is 14.9. The van der Waals surface area contributed by atoms with Crippen LogP contribution in [0.25, 0.3) is 32.4 Å². The lowest BCUT2D eigenvalue weighted by molar-refractivity contribution is 0.0285. The Morgan fingerprint density at radius 2 is 1.97 bits per heavy atom. The summed E-state index contributed by atoms with van der Waals surface area (Å²) in [6, 6.07) is 9.70. The number of hydrogen-bond acceptors (Lipinski definition) is 8. The Morgan fingerprint density at radius 3 is 2.82 bits per heavy atom. The highest BCUT2D eigenvalue weighted by Gasteiger charge is 2.25. The van der Waals surface area contributed by atoms with E-state index in [1.54, 1.807) is 7.11 Å². The van der Waals surface area contributed by atoms with Crippen molar-refractivity contribution in [3.63, 3.8) is 0 Å². The normalized spacial score (nSPS) is 23.8. The second-order valence-electron chi connectivity index (χ2n) is 11.0. The standard InChI is InChI=1S/C29H33N5O4S/c1-37-20-4-3-9-33(17-20)16-18-14-23-26-24(15-18)38-19-7-10-32(11-8-19)12-13-34-29(36)22-6-2-5-21(27(22)39-34)25(31-26)28(35)30-23/h2,5-6,14-15,19-20H,3-4,7-13,16-17H2,1H3,(H,30,35). The maximum Gasteiger partial charge on any atom is 0.275 e. The summed E-state index contributed by atoms with van der Waals surface area (Å²) in [5.74, 6) is 0.714. The molecule has 204 valence electrons. The number of nitrogens with one attached hydrogen (secondary N) is 1. The molecule has 1 unspecified atom stereocenters. The Morgan fingerprint density at radius 1 is 1.10 bits per heavy atom. The molecule has 9 nitrogen and oxygen atoms in total. The number of likely N-dealkylation sites (tertiary alicyclic amines) is 1. The molecule has 6 bridgehead atoms. The van der Waals surface area contributed by atoms with Gasteiger partial charge in [-0.25, -0.2) is 4.98 Å². The van der Waals surface area contributed by atoms with Crippen LogP contribution in [0.5, 0.6) is 5.75 Å². The van der Waals surface area contributed by atoms with E-state index in [4.69, 9.17) is 14.5 Å². The minimum absolute atomic E-state index is 0.00173. The maximum absolute atomic E-state index is 13.5. The van der Waals surface area contributed by atoms with Crippen molar-refractivity contribution in [1.82, 2.24) is 23.7 Å². The highest BCUT2D eigenvalue weighted by Crippen LogP contribution is 2.33. The van der Waals surface area contributed by atoms with Crippen LogP contribution < -0.4 is 15.9 Å². The minimum Gasteiger partial charge on any atom is -0.488 e. The van der Waals surface area contributed by atoms with Crippen LogP contribution in [0.3, 0.4) is 0 Å².